The van der Waals surface area contributed by atoms with Crippen molar-refractivity contribution in [3.05, 3.63) is 0 Å². The number of hydrogen-bond acceptors (Lipinski definition) is 3. The number of nitrogens with zero attached hydrogens (tertiary/aromatic N) is 2. The first-order valence-electron chi connectivity index (χ1n) is 7.72. The van der Waals surface area contributed by atoms with Crippen LogP contribution in [0.25, 0.3) is 0 Å². The minimum Gasteiger partial charge on any atom is -0.326 e. The molecule has 1 rings (SSSR count). The zero-order valence-electron chi connectivity index (χ0n) is 13.3. The van der Waals surface area contributed by atoms with E-state index >= 15 is 0 Å². The number of rotatable bonds is 8. The molecule has 112 valence electrons. The van der Waals surface area contributed by atoms with Gasteiger partial charge in [0, 0.05) is 6.54 Å². The normalized spacial score (nSPS) is 25.4. The smallest absolute Gasteiger partial charge is 0.241 e. The number of nitrogens with one attached hydrogen (secondary N) is 1. The van der Waals surface area contributed by atoms with Crippen LogP contribution in [0.15, 0.2) is 0 Å². The van der Waals surface area contributed by atoms with E-state index in [4.69, 9.17) is 0 Å². The SMILES string of the molecule is CCCC1NC(C(C)CC)C(=O)N1CCCN(C)C. The van der Waals surface area contributed by atoms with Crippen molar-refractivity contribution in [1.82, 2.24) is 15.1 Å². The van der Waals surface area contributed by atoms with Crippen molar-refractivity contribution in [3.63, 3.8) is 0 Å². The maximum absolute atomic E-state index is 12.5. The van der Waals surface area contributed by atoms with E-state index < -0.39 is 0 Å². The van der Waals surface area contributed by atoms with E-state index in [1.54, 1.807) is 0 Å². The minimum atomic E-state index is 0.0286. The lowest BCUT2D eigenvalue weighted by molar-refractivity contribution is -0.131. The predicted molar refractivity (Wildman–Crippen MR) is 80.0 cm³/mol. The van der Waals surface area contributed by atoms with Gasteiger partial charge in [-0.05, 0) is 39.4 Å². The Bertz CT molecular complexity index is 281. The first kappa shape index (κ1) is 16.4. The zero-order valence-corrected chi connectivity index (χ0v) is 13.3. The number of hydrogen-bond donors (Lipinski definition) is 1. The fourth-order valence-electron chi connectivity index (χ4n) is 2.68. The van der Waals surface area contributed by atoms with Crippen LogP contribution in [0.2, 0.25) is 0 Å². The summed E-state index contributed by atoms with van der Waals surface area (Å²) in [6, 6.07) is 0.0286. The average molecular weight is 269 g/mol. The second kappa shape index (κ2) is 7.85. The van der Waals surface area contributed by atoms with Crippen molar-refractivity contribution >= 4 is 5.91 Å². The molecule has 3 atom stereocenters. The molecule has 0 aromatic heterocycles. The van der Waals surface area contributed by atoms with Crippen molar-refractivity contribution in [2.45, 2.75) is 58.7 Å². The lowest BCUT2D eigenvalue weighted by atomic mass is 9.99. The van der Waals surface area contributed by atoms with Crippen LogP contribution in [0.1, 0.15) is 46.5 Å². The van der Waals surface area contributed by atoms with Gasteiger partial charge >= 0.3 is 0 Å². The molecule has 1 heterocycles. The fourth-order valence-corrected chi connectivity index (χ4v) is 2.68. The number of amides is 1. The second-order valence-corrected chi connectivity index (χ2v) is 6.02. The molecule has 0 saturated carbocycles. The van der Waals surface area contributed by atoms with Crippen molar-refractivity contribution in [2.24, 2.45) is 5.92 Å². The predicted octanol–water partition coefficient (Wildman–Crippen LogP) is 1.91. The molecule has 0 radical (unpaired) electrons. The molecular weight excluding hydrogens is 238 g/mol. The first-order chi connectivity index (χ1) is 9.01. The molecule has 1 amide bonds. The highest BCUT2D eigenvalue weighted by Gasteiger charge is 2.39. The van der Waals surface area contributed by atoms with Crippen LogP contribution in [0.3, 0.4) is 0 Å². The Morgan fingerprint density at radius 3 is 2.58 bits per heavy atom. The van der Waals surface area contributed by atoms with Crippen LogP contribution in [-0.4, -0.2) is 55.1 Å². The zero-order chi connectivity index (χ0) is 14.4. The van der Waals surface area contributed by atoms with Crippen molar-refractivity contribution < 1.29 is 4.79 Å². The van der Waals surface area contributed by atoms with Gasteiger partial charge in [-0.1, -0.05) is 33.6 Å². The van der Waals surface area contributed by atoms with E-state index in [0.717, 1.165) is 38.8 Å². The van der Waals surface area contributed by atoms with E-state index in [2.05, 4.69) is 50.0 Å². The highest BCUT2D eigenvalue weighted by Crippen LogP contribution is 2.21. The largest absolute Gasteiger partial charge is 0.326 e. The number of carbonyl (C=O) groups excluding carboxylic acids is 1. The lowest BCUT2D eigenvalue weighted by Crippen LogP contribution is -2.38. The summed E-state index contributed by atoms with van der Waals surface area (Å²) in [6.45, 7) is 8.42. The van der Waals surface area contributed by atoms with Crippen LogP contribution < -0.4 is 5.32 Å². The molecule has 3 unspecified atom stereocenters. The van der Waals surface area contributed by atoms with Gasteiger partial charge in [-0.15, -0.1) is 0 Å². The Morgan fingerprint density at radius 1 is 1.37 bits per heavy atom. The molecule has 0 aromatic rings. The quantitative estimate of drug-likeness (QED) is 0.731. The van der Waals surface area contributed by atoms with E-state index in [-0.39, 0.29) is 12.2 Å². The molecule has 1 N–H and O–H groups in total. The van der Waals surface area contributed by atoms with Gasteiger partial charge in [-0.25, -0.2) is 0 Å². The molecular formula is C15H31N3O. The van der Waals surface area contributed by atoms with Gasteiger partial charge in [0.2, 0.25) is 5.91 Å². The standard InChI is InChI=1S/C15H31N3O/c1-6-9-13-16-14(12(3)7-2)15(19)18(13)11-8-10-17(4)5/h12-14,16H,6-11H2,1-5H3. The van der Waals surface area contributed by atoms with Gasteiger partial charge in [0.25, 0.3) is 0 Å². The molecule has 4 heteroatoms. The van der Waals surface area contributed by atoms with Crippen LogP contribution in [0.5, 0.6) is 0 Å². The van der Waals surface area contributed by atoms with Crippen LogP contribution in [0.4, 0.5) is 0 Å². The lowest BCUT2D eigenvalue weighted by Gasteiger charge is -2.24. The van der Waals surface area contributed by atoms with Crippen LogP contribution in [0, 0.1) is 5.92 Å². The molecule has 4 nitrogen and oxygen atoms in total. The minimum absolute atomic E-state index is 0.0286. The molecule has 1 aliphatic rings. The summed E-state index contributed by atoms with van der Waals surface area (Å²) >= 11 is 0. The van der Waals surface area contributed by atoms with E-state index in [1.807, 2.05) is 0 Å². The molecule has 0 aromatic carbocycles. The molecule has 1 fully saturated rings. The summed E-state index contributed by atoms with van der Waals surface area (Å²) in [6.07, 6.45) is 4.52. The third kappa shape index (κ3) is 4.46. The van der Waals surface area contributed by atoms with E-state index in [0.29, 0.717) is 11.8 Å². The van der Waals surface area contributed by atoms with Crippen LogP contribution in [-0.2, 0) is 4.79 Å². The molecule has 0 spiro atoms. The molecule has 0 bridgehead atoms. The topological polar surface area (TPSA) is 35.6 Å². The van der Waals surface area contributed by atoms with Crippen molar-refractivity contribution in [3.8, 4) is 0 Å². The van der Waals surface area contributed by atoms with Crippen LogP contribution >= 0.6 is 0 Å². The molecule has 19 heavy (non-hydrogen) atoms. The van der Waals surface area contributed by atoms with Crippen molar-refractivity contribution in [1.29, 1.82) is 0 Å². The first-order valence-corrected chi connectivity index (χ1v) is 7.72. The Labute approximate surface area is 118 Å². The Kier molecular flexibility index (Phi) is 6.80. The summed E-state index contributed by atoms with van der Waals surface area (Å²) in [7, 11) is 4.16. The van der Waals surface area contributed by atoms with Gasteiger partial charge in [0.1, 0.15) is 0 Å². The summed E-state index contributed by atoms with van der Waals surface area (Å²) in [5, 5.41) is 3.54. The van der Waals surface area contributed by atoms with Gasteiger partial charge in [0.05, 0.1) is 12.2 Å². The van der Waals surface area contributed by atoms with E-state index in [9.17, 15) is 4.79 Å². The third-order valence-electron chi connectivity index (χ3n) is 4.08. The molecule has 0 aliphatic carbocycles. The Balaban J connectivity index is 2.60. The summed E-state index contributed by atoms with van der Waals surface area (Å²) in [4.78, 5) is 16.8. The maximum atomic E-state index is 12.5. The van der Waals surface area contributed by atoms with Gasteiger partial charge in [0.15, 0.2) is 0 Å². The third-order valence-corrected chi connectivity index (χ3v) is 4.08. The summed E-state index contributed by atoms with van der Waals surface area (Å²) in [5.74, 6) is 0.734. The van der Waals surface area contributed by atoms with E-state index in [1.165, 1.54) is 0 Å². The number of carbonyl (C=O) groups is 1. The van der Waals surface area contributed by atoms with Gasteiger partial charge in [-0.3, -0.25) is 10.1 Å². The van der Waals surface area contributed by atoms with Crippen molar-refractivity contribution in [2.75, 3.05) is 27.2 Å². The monoisotopic (exact) mass is 269 g/mol. The fraction of sp³-hybridized carbons (Fsp3) is 0.933. The maximum Gasteiger partial charge on any atom is 0.241 e. The Hall–Kier alpha value is -0.610. The highest BCUT2D eigenvalue weighted by atomic mass is 16.2. The average Bonchev–Trinajstić information content (AvgIpc) is 2.67. The second-order valence-electron chi connectivity index (χ2n) is 6.02. The Morgan fingerprint density at radius 2 is 2.05 bits per heavy atom. The highest BCUT2D eigenvalue weighted by molar-refractivity contribution is 5.84. The van der Waals surface area contributed by atoms with Gasteiger partial charge in [-0.2, -0.15) is 0 Å². The summed E-state index contributed by atoms with van der Waals surface area (Å²) in [5.41, 5.74) is 0. The summed E-state index contributed by atoms with van der Waals surface area (Å²) < 4.78 is 0. The molecule has 1 saturated heterocycles. The molecule has 1 aliphatic heterocycles. The van der Waals surface area contributed by atoms with Gasteiger partial charge < -0.3 is 9.80 Å².